The molecule has 12 heteroatoms. The van der Waals surface area contributed by atoms with Gasteiger partial charge in [-0.2, -0.15) is 0 Å². The number of nitrogens with one attached hydrogen (secondary N) is 1. The molecular weight excluding hydrogens is 522 g/mol. The highest BCUT2D eigenvalue weighted by atomic mass is 16.5. The molecule has 0 saturated carbocycles. The van der Waals surface area contributed by atoms with E-state index in [1.54, 1.807) is 0 Å². The van der Waals surface area contributed by atoms with Crippen LogP contribution in [-0.4, -0.2) is 84.0 Å². The second-order valence-corrected chi connectivity index (χ2v) is 8.65. The molecule has 218 valence electrons. The van der Waals surface area contributed by atoms with Crippen LogP contribution in [0.15, 0.2) is 42.5 Å². The fraction of sp³-hybridized carbons (Fsp3) is 0.357. The van der Waals surface area contributed by atoms with Gasteiger partial charge in [-0.1, -0.05) is 6.07 Å². The van der Waals surface area contributed by atoms with Crippen LogP contribution >= 0.6 is 0 Å². The Morgan fingerprint density at radius 3 is 1.95 bits per heavy atom. The molecule has 0 aliphatic rings. The van der Waals surface area contributed by atoms with Crippen molar-refractivity contribution >= 4 is 24.0 Å². The molecule has 0 aliphatic heterocycles. The van der Waals surface area contributed by atoms with Crippen LogP contribution < -0.4 is 25.3 Å². The number of carbonyl (C=O) groups is 2. The second kappa shape index (κ2) is 15.5. The van der Waals surface area contributed by atoms with Gasteiger partial charge in [0.25, 0.3) is 17.7 Å². The number of nitrogens with two attached hydrogens (primary N) is 1. The molecule has 12 nitrogen and oxygen atoms in total. The highest BCUT2D eigenvalue weighted by Crippen LogP contribution is 2.37. The van der Waals surface area contributed by atoms with Crippen molar-refractivity contribution in [2.45, 2.75) is 25.2 Å². The third-order valence-electron chi connectivity index (χ3n) is 5.76. The van der Waals surface area contributed by atoms with E-state index in [0.29, 0.717) is 35.7 Å². The summed E-state index contributed by atoms with van der Waals surface area (Å²) in [7, 11) is 4.07. The molecule has 0 spiro atoms. The van der Waals surface area contributed by atoms with Crippen LogP contribution in [-0.2, 0) is 9.59 Å². The molecule has 2 aromatic carbocycles. The predicted molar refractivity (Wildman–Crippen MR) is 149 cm³/mol. The van der Waals surface area contributed by atoms with Gasteiger partial charge in [-0.25, -0.2) is 4.90 Å². The first-order valence-corrected chi connectivity index (χ1v) is 12.5. The number of ether oxygens (including phenoxy) is 3. The number of nitrogens with zero attached hydrogens (tertiary/aromatic N) is 1. The third kappa shape index (κ3) is 8.99. The molecule has 0 atom stereocenters. The molecule has 2 aromatic rings. The Hall–Kier alpha value is -4.10. The number of carbonyl (C=O) groups excluding carboxylic acids is 2. The van der Waals surface area contributed by atoms with E-state index in [2.05, 4.69) is 5.32 Å². The summed E-state index contributed by atoms with van der Waals surface area (Å²) < 4.78 is 15.3. The van der Waals surface area contributed by atoms with E-state index in [0.717, 1.165) is 18.6 Å². The number of amides is 2. The number of phenols is 2. The van der Waals surface area contributed by atoms with E-state index in [1.807, 2.05) is 0 Å². The van der Waals surface area contributed by atoms with Crippen LogP contribution in [0.4, 0.5) is 0 Å². The highest BCUT2D eigenvalue weighted by Gasteiger charge is 2.38. The SMILES string of the molecule is COc1cc(/C=C/C(=O)N(C(=O)/C=C/c2cc(OC)c(O)c(OC)c2)C(O)(O)CCCNCCCN)ccc1O. The molecule has 2 amide bonds. The lowest BCUT2D eigenvalue weighted by atomic mass is 10.1. The lowest BCUT2D eigenvalue weighted by Crippen LogP contribution is -2.54. The fourth-order valence-electron chi connectivity index (χ4n) is 3.67. The molecule has 0 aliphatic carbocycles. The lowest BCUT2D eigenvalue weighted by Gasteiger charge is -2.32. The largest absolute Gasteiger partial charge is 0.504 e. The Kier molecular flexibility index (Phi) is 12.4. The minimum Gasteiger partial charge on any atom is -0.504 e. The van der Waals surface area contributed by atoms with E-state index in [-0.39, 0.29) is 41.6 Å². The van der Waals surface area contributed by atoms with Gasteiger partial charge in [0.2, 0.25) is 5.75 Å². The number of benzene rings is 2. The maximum Gasteiger partial charge on any atom is 0.257 e. The van der Waals surface area contributed by atoms with Gasteiger partial charge in [-0.15, -0.1) is 0 Å². The average molecular weight is 560 g/mol. The van der Waals surface area contributed by atoms with Crippen molar-refractivity contribution in [1.82, 2.24) is 10.2 Å². The van der Waals surface area contributed by atoms with Crippen molar-refractivity contribution in [2.75, 3.05) is 41.0 Å². The van der Waals surface area contributed by atoms with Gasteiger partial charge in [0.05, 0.1) is 21.3 Å². The molecule has 0 radical (unpaired) electrons. The summed E-state index contributed by atoms with van der Waals surface area (Å²) in [6.45, 7) is 1.56. The minimum absolute atomic E-state index is 0.0902. The highest BCUT2D eigenvalue weighted by molar-refractivity contribution is 6.08. The van der Waals surface area contributed by atoms with Gasteiger partial charge in [-0.05, 0) is 80.0 Å². The lowest BCUT2D eigenvalue weighted by molar-refractivity contribution is -0.251. The molecule has 0 aromatic heterocycles. The molecule has 40 heavy (non-hydrogen) atoms. The average Bonchev–Trinajstić information content (AvgIpc) is 2.93. The maximum absolute atomic E-state index is 13.2. The van der Waals surface area contributed by atoms with Gasteiger partial charge < -0.3 is 45.7 Å². The van der Waals surface area contributed by atoms with Crippen LogP contribution in [0.1, 0.15) is 30.4 Å². The minimum atomic E-state index is -2.81. The van der Waals surface area contributed by atoms with Crippen LogP contribution in [0.5, 0.6) is 28.7 Å². The van der Waals surface area contributed by atoms with Crippen molar-refractivity contribution in [3.63, 3.8) is 0 Å². The van der Waals surface area contributed by atoms with Crippen molar-refractivity contribution in [1.29, 1.82) is 0 Å². The zero-order valence-corrected chi connectivity index (χ0v) is 22.8. The second-order valence-electron chi connectivity index (χ2n) is 8.65. The standard InChI is InChI=1S/C28H37N3O9/c1-38-22-16-19(6-9-21(22)32)7-10-25(33)31(28(36,37)12-4-14-30-15-5-13-29)26(34)11-8-20-17-23(39-2)27(35)24(18-20)40-3/h6-11,16-18,30,32,35-37H,4-5,12-15,29H2,1-3H3/b10-7+,11-8+. The number of rotatable bonds is 15. The Morgan fingerprint density at radius 1 is 0.875 bits per heavy atom. The topological polar surface area (TPSA) is 184 Å². The zero-order valence-electron chi connectivity index (χ0n) is 22.8. The molecule has 0 heterocycles. The summed E-state index contributed by atoms with van der Waals surface area (Å²) in [5.74, 6) is -4.79. The van der Waals surface area contributed by atoms with Crippen LogP contribution in [0.25, 0.3) is 12.2 Å². The number of phenolic OH excluding ortho intramolecular Hbond substituents is 2. The summed E-state index contributed by atoms with van der Waals surface area (Å²) in [5, 5.41) is 44.6. The predicted octanol–water partition coefficient (Wildman–Crippen LogP) is 1.56. The van der Waals surface area contributed by atoms with Crippen molar-refractivity contribution in [3.8, 4) is 28.7 Å². The normalized spacial score (nSPS) is 11.7. The number of hydrogen-bond donors (Lipinski definition) is 6. The van der Waals surface area contributed by atoms with E-state index in [1.165, 1.54) is 63.8 Å². The fourth-order valence-corrected chi connectivity index (χ4v) is 3.67. The van der Waals surface area contributed by atoms with Crippen LogP contribution in [0.3, 0.4) is 0 Å². The molecule has 0 unspecified atom stereocenters. The Labute approximate surface area is 232 Å². The molecular formula is C28H37N3O9. The van der Waals surface area contributed by atoms with E-state index >= 15 is 0 Å². The molecule has 0 saturated heterocycles. The van der Waals surface area contributed by atoms with Crippen LogP contribution in [0, 0.1) is 0 Å². The zero-order chi connectivity index (χ0) is 29.7. The number of hydrogen-bond acceptors (Lipinski definition) is 11. The van der Waals surface area contributed by atoms with Gasteiger partial charge in [0.15, 0.2) is 23.0 Å². The number of methoxy groups -OCH3 is 3. The quantitative estimate of drug-likeness (QED) is 0.106. The summed E-state index contributed by atoms with van der Waals surface area (Å²) in [5.41, 5.74) is 6.30. The Bertz CT molecular complexity index is 1190. The third-order valence-corrected chi connectivity index (χ3v) is 5.76. The molecule has 0 bridgehead atoms. The first kappa shape index (κ1) is 32.1. The maximum atomic E-state index is 13.2. The first-order valence-electron chi connectivity index (χ1n) is 12.5. The van der Waals surface area contributed by atoms with E-state index in [4.69, 9.17) is 19.9 Å². The Morgan fingerprint density at radius 2 is 1.40 bits per heavy atom. The monoisotopic (exact) mass is 559 g/mol. The van der Waals surface area contributed by atoms with Gasteiger partial charge >= 0.3 is 0 Å². The Balaban J connectivity index is 2.33. The van der Waals surface area contributed by atoms with Gasteiger partial charge in [0, 0.05) is 18.6 Å². The summed E-state index contributed by atoms with van der Waals surface area (Å²) in [6, 6.07) is 7.22. The molecule has 0 fully saturated rings. The summed E-state index contributed by atoms with van der Waals surface area (Å²) in [6.07, 6.45) is 5.31. The van der Waals surface area contributed by atoms with Crippen molar-refractivity contribution < 1.29 is 44.2 Å². The number of aliphatic hydroxyl groups is 2. The molecule has 7 N–H and O–H groups in total. The van der Waals surface area contributed by atoms with Crippen molar-refractivity contribution in [2.24, 2.45) is 5.73 Å². The number of imide groups is 1. The summed E-state index contributed by atoms with van der Waals surface area (Å²) in [4.78, 5) is 26.7. The van der Waals surface area contributed by atoms with E-state index in [9.17, 15) is 30.0 Å². The van der Waals surface area contributed by atoms with Gasteiger partial charge in [-0.3, -0.25) is 9.59 Å². The van der Waals surface area contributed by atoms with E-state index < -0.39 is 17.7 Å². The van der Waals surface area contributed by atoms with Crippen molar-refractivity contribution in [3.05, 3.63) is 53.6 Å². The number of aromatic hydroxyl groups is 2. The summed E-state index contributed by atoms with van der Waals surface area (Å²) >= 11 is 0. The first-order chi connectivity index (χ1) is 19.1. The van der Waals surface area contributed by atoms with Crippen LogP contribution in [0.2, 0.25) is 0 Å². The smallest absolute Gasteiger partial charge is 0.257 e. The van der Waals surface area contributed by atoms with Gasteiger partial charge in [0.1, 0.15) is 0 Å². The molecule has 2 rings (SSSR count).